The fourth-order valence-corrected chi connectivity index (χ4v) is 11.0. The molecule has 8 rings (SSSR count). The van der Waals surface area contributed by atoms with E-state index < -0.39 is 107 Å². The van der Waals surface area contributed by atoms with E-state index in [1.807, 2.05) is 60.6 Å². The number of allylic oxidation sites excluding steroid dienone is 4. The summed E-state index contributed by atoms with van der Waals surface area (Å²) in [6.45, 7) is 22.4. The molecule has 4 bridgehead atoms. The first-order chi connectivity index (χ1) is 29.7. The zero-order chi connectivity index (χ0) is 46.1. The molecule has 3 aliphatic carbocycles. The van der Waals surface area contributed by atoms with Crippen molar-refractivity contribution in [3.8, 4) is 23.3 Å². The number of hydrogen-bond acceptors (Lipinski definition) is 14. The van der Waals surface area contributed by atoms with Gasteiger partial charge in [0.15, 0.2) is 28.8 Å². The van der Waals surface area contributed by atoms with Gasteiger partial charge in [0.05, 0.1) is 36.7 Å². The molecule has 1 spiro atoms. The molecular weight excluding hydrogens is 813 g/mol. The fourth-order valence-electron chi connectivity index (χ4n) is 11.0. The first kappa shape index (κ1) is 46.1. The molecule has 13 atom stereocenters. The summed E-state index contributed by atoms with van der Waals surface area (Å²) in [6.07, 6.45) is 2.03. The highest BCUT2D eigenvalue weighted by Crippen LogP contribution is 2.72. The lowest BCUT2D eigenvalue weighted by atomic mass is 9.42. The van der Waals surface area contributed by atoms with Crippen molar-refractivity contribution in [3.05, 3.63) is 69.1 Å². The van der Waals surface area contributed by atoms with Crippen LogP contribution >= 0.6 is 0 Å². The summed E-state index contributed by atoms with van der Waals surface area (Å²) in [5.74, 6) is -5.73. The number of ether oxygens (including phenoxy) is 6. The highest BCUT2D eigenvalue weighted by atomic mass is 16.7. The average Bonchev–Trinajstić information content (AvgIpc) is 3.38. The third kappa shape index (κ3) is 7.12. The molecular formula is C48H58N2O13. The van der Waals surface area contributed by atoms with E-state index in [2.05, 4.69) is 17.0 Å². The molecule has 5 fully saturated rings. The number of aliphatic hydroxyl groups is 4. The topological polar surface area (TPSA) is 216 Å². The van der Waals surface area contributed by atoms with E-state index in [9.17, 15) is 30.5 Å². The molecule has 63 heavy (non-hydrogen) atoms. The third-order valence-corrected chi connectivity index (χ3v) is 14.0. The van der Waals surface area contributed by atoms with Crippen LogP contribution in [0.1, 0.15) is 103 Å². The number of aliphatic hydroxyl groups excluding tert-OH is 4. The lowest BCUT2D eigenvalue weighted by molar-refractivity contribution is -0.277. The number of hydrogen-bond donors (Lipinski definition) is 4. The number of ketones is 2. The molecule has 2 saturated heterocycles. The highest BCUT2D eigenvalue weighted by Gasteiger charge is 2.86. The number of carbonyl (C=O) groups is 3. The summed E-state index contributed by atoms with van der Waals surface area (Å²) in [6, 6.07) is 0.608. The van der Waals surface area contributed by atoms with Gasteiger partial charge in [0.1, 0.15) is 52.8 Å². The molecule has 1 aromatic carbocycles. The van der Waals surface area contributed by atoms with Gasteiger partial charge in [-0.15, -0.1) is 0 Å². The molecule has 0 radical (unpaired) electrons. The van der Waals surface area contributed by atoms with Gasteiger partial charge < -0.3 is 48.8 Å². The fraction of sp³-hybridized carbons (Fsp3) is 0.604. The normalized spacial score (nSPS) is 36.0. The predicted molar refractivity (Wildman–Crippen MR) is 226 cm³/mol. The maximum atomic E-state index is 16.2. The Morgan fingerprint density at radius 3 is 2.35 bits per heavy atom. The molecule has 4 heterocycles. The van der Waals surface area contributed by atoms with Crippen molar-refractivity contribution in [3.63, 3.8) is 0 Å². The number of esters is 1. The summed E-state index contributed by atoms with van der Waals surface area (Å²) >= 11 is 0. The molecule has 0 amide bonds. The van der Waals surface area contributed by atoms with Gasteiger partial charge >= 0.3 is 12.0 Å². The molecule has 338 valence electrons. The second kappa shape index (κ2) is 16.6. The van der Waals surface area contributed by atoms with Crippen LogP contribution in [0.15, 0.2) is 41.0 Å². The Morgan fingerprint density at radius 2 is 1.73 bits per heavy atom. The van der Waals surface area contributed by atoms with Crippen LogP contribution in [-0.4, -0.2) is 111 Å². The minimum Gasteiger partial charge on any atom is -0.482 e. The number of carbonyl (C=O) groups excluding carboxylic acids is 3. The van der Waals surface area contributed by atoms with Crippen LogP contribution in [0.2, 0.25) is 0 Å². The van der Waals surface area contributed by atoms with E-state index in [1.54, 1.807) is 19.1 Å². The largest absolute Gasteiger partial charge is 0.482 e. The van der Waals surface area contributed by atoms with Gasteiger partial charge in [0, 0.05) is 29.4 Å². The van der Waals surface area contributed by atoms with E-state index >= 15 is 9.59 Å². The smallest absolute Gasteiger partial charge is 0.333 e. The molecule has 8 unspecified atom stereocenters. The quantitative estimate of drug-likeness (QED) is 0.0950. The summed E-state index contributed by atoms with van der Waals surface area (Å²) in [5.41, 5.74) is -2.89. The molecule has 4 N–H and O–H groups in total. The average molecular weight is 871 g/mol. The number of nitriles is 1. The van der Waals surface area contributed by atoms with Crippen LogP contribution in [0.3, 0.4) is 0 Å². The Hall–Kier alpha value is -4.87. The van der Waals surface area contributed by atoms with E-state index in [0.29, 0.717) is 18.4 Å². The Morgan fingerprint density at radius 1 is 1.03 bits per heavy atom. The summed E-state index contributed by atoms with van der Waals surface area (Å²) in [5, 5.41) is 53.4. The van der Waals surface area contributed by atoms with Gasteiger partial charge in [-0.2, -0.15) is 5.26 Å². The summed E-state index contributed by atoms with van der Waals surface area (Å²) in [4.78, 5) is 47.9. The molecule has 0 aromatic heterocycles. The summed E-state index contributed by atoms with van der Waals surface area (Å²) < 4.78 is 38.8. The van der Waals surface area contributed by atoms with Crippen molar-refractivity contribution < 1.29 is 63.2 Å². The van der Waals surface area contributed by atoms with Crippen LogP contribution < -0.4 is 14.2 Å². The van der Waals surface area contributed by atoms with Gasteiger partial charge in [-0.25, -0.2) is 11.4 Å². The van der Waals surface area contributed by atoms with E-state index in [1.165, 1.54) is 7.11 Å². The molecule has 4 aliphatic heterocycles. The molecule has 3 saturated carbocycles. The minimum absolute atomic E-state index is 0.00148. The monoisotopic (exact) mass is 870 g/mol. The van der Waals surface area contributed by atoms with Crippen molar-refractivity contribution >= 4 is 23.6 Å². The first-order valence-electron chi connectivity index (χ1n) is 21.5. The van der Waals surface area contributed by atoms with Crippen LogP contribution in [0, 0.1) is 41.6 Å². The second-order valence-electron chi connectivity index (χ2n) is 19.0. The molecule has 15 nitrogen and oxygen atoms in total. The Labute approximate surface area is 367 Å². The predicted octanol–water partition coefficient (Wildman–Crippen LogP) is 4.92. The van der Waals surface area contributed by atoms with Crippen LogP contribution in [0.4, 0.5) is 0 Å². The Bertz CT molecular complexity index is 2280. The molecule has 1 aromatic rings. The van der Waals surface area contributed by atoms with E-state index in [0.717, 1.165) is 11.1 Å². The second-order valence-corrected chi connectivity index (χ2v) is 19.0. The maximum absolute atomic E-state index is 16.2. The number of nitrogens with zero attached hydrogens (tertiary/aromatic N) is 2. The van der Waals surface area contributed by atoms with Gasteiger partial charge in [-0.1, -0.05) is 29.4 Å². The van der Waals surface area contributed by atoms with Gasteiger partial charge in [0.2, 0.25) is 6.29 Å². The van der Waals surface area contributed by atoms with Crippen LogP contribution in [-0.2, 0) is 30.2 Å². The number of methoxy groups -OCH3 is 1. The van der Waals surface area contributed by atoms with Gasteiger partial charge in [-0.05, 0) is 93.2 Å². The van der Waals surface area contributed by atoms with Crippen molar-refractivity contribution in [1.29, 1.82) is 5.26 Å². The van der Waals surface area contributed by atoms with Crippen molar-refractivity contribution in [2.24, 2.45) is 23.7 Å². The minimum atomic E-state index is -1.89. The van der Waals surface area contributed by atoms with E-state index in [-0.39, 0.29) is 53.2 Å². The van der Waals surface area contributed by atoms with Gasteiger partial charge in [-0.3, -0.25) is 14.4 Å². The van der Waals surface area contributed by atoms with Gasteiger partial charge in [0.25, 0.3) is 0 Å². The van der Waals surface area contributed by atoms with Crippen molar-refractivity contribution in [2.75, 3.05) is 13.7 Å². The van der Waals surface area contributed by atoms with Crippen LogP contribution in [0.25, 0.3) is 10.9 Å². The standard InChI is InChI=1S/C48H58N2O13/c1-23(2)12-11-17-46(8)18-16-27-39(61-46)26(14-13-24(3)4)41-33(40(27)60-44-38(55)37(54)35(52)30(22-51)59-44)36(53)34-32(29(21-49)50-9)28-20-31-45(6,7)63-47(42(28)56,48(31,34)62-41)19-15-25(5)43(57)58-10/h12-13,15-16,18,28-32,34-35,37-38,44,51-52,54-55H,11,14,17,19-20,22H2,1-8,10H3/b25-15-/t28?,29?,30-,31?,32?,34?,35-,37+,38-,44+,46?,47?,48?/m0/s1. The zero-order valence-electron chi connectivity index (χ0n) is 37.3. The van der Waals surface area contributed by atoms with E-state index in [4.69, 9.17) is 35.0 Å². The zero-order valence-corrected chi connectivity index (χ0v) is 37.3. The number of fused-ring (bicyclic) bond motifs is 2. The van der Waals surface area contributed by atoms with Crippen LogP contribution in [0.5, 0.6) is 17.2 Å². The number of rotatable bonds is 12. The lowest BCUT2D eigenvalue weighted by Crippen LogP contribution is -2.79. The SMILES string of the molecule is [C-]#[N+]C(C#N)C1C2CC3C(C)(C)OC(C/C=C(/C)C(=O)OC)(C2=O)C32Oc3c(CC=C(C)C)c4c(c(O[C@H]5O[C@@H](CO)[C@H](O)[C@@H](O)[C@@H]5O)c3C(=O)C12)C=CC(C)(CCC=C(C)C)O4. The molecule has 7 aliphatic rings. The highest BCUT2D eigenvalue weighted by molar-refractivity contribution is 6.10. The molecule has 15 heteroatoms. The maximum Gasteiger partial charge on any atom is 0.333 e. The Balaban J connectivity index is 1.56. The Kier molecular flexibility index (Phi) is 12.2. The lowest BCUT2D eigenvalue weighted by Gasteiger charge is -2.62. The summed E-state index contributed by atoms with van der Waals surface area (Å²) in [7, 11) is 1.24. The number of benzene rings is 1. The third-order valence-electron chi connectivity index (χ3n) is 14.0. The van der Waals surface area contributed by atoms with Crippen molar-refractivity contribution in [2.45, 2.75) is 147 Å². The first-order valence-corrected chi connectivity index (χ1v) is 21.5. The number of Topliss-reactive ketones (excluding diaryl/α,β-unsaturated/α-hetero) is 2. The van der Waals surface area contributed by atoms with Crippen molar-refractivity contribution in [1.82, 2.24) is 0 Å².